The third-order valence-electron chi connectivity index (χ3n) is 2.46. The lowest BCUT2D eigenvalue weighted by molar-refractivity contribution is 0.268. The number of hydrogen-bond donors (Lipinski definition) is 0. The molecular formula is C13H16ClO2PS. The van der Waals surface area contributed by atoms with E-state index >= 15 is 0 Å². The van der Waals surface area contributed by atoms with Gasteiger partial charge in [0.2, 0.25) is 0 Å². The van der Waals surface area contributed by atoms with E-state index in [1.54, 1.807) is 11.3 Å². The maximum Gasteiger partial charge on any atom is 0.175 e. The number of thiophene rings is 1. The molecule has 0 radical (unpaired) electrons. The Hall–Kier alpha value is -0.180. The number of hydrogen-bond acceptors (Lipinski definition) is 3. The lowest BCUT2D eigenvalue weighted by atomic mass is 10.2. The van der Waals surface area contributed by atoms with Gasteiger partial charge in [0.1, 0.15) is 0 Å². The summed E-state index contributed by atoms with van der Waals surface area (Å²) in [5.74, 6) is 0. The van der Waals surface area contributed by atoms with E-state index in [2.05, 4.69) is 11.4 Å². The first-order valence-electron chi connectivity index (χ1n) is 5.93. The second-order valence-electron chi connectivity index (χ2n) is 3.73. The molecule has 0 fully saturated rings. The van der Waals surface area contributed by atoms with Gasteiger partial charge in [0.05, 0.1) is 13.2 Å². The molecule has 98 valence electrons. The molecule has 2 nitrogen and oxygen atoms in total. The molecule has 2 aromatic rings. The largest absolute Gasteiger partial charge is 0.334 e. The van der Waals surface area contributed by atoms with Crippen LogP contribution in [-0.4, -0.2) is 13.2 Å². The summed E-state index contributed by atoms with van der Waals surface area (Å²) in [5.41, 5.74) is 1.27. The van der Waals surface area contributed by atoms with E-state index in [-0.39, 0.29) is 0 Å². The van der Waals surface area contributed by atoms with Crippen LogP contribution >= 0.6 is 31.3 Å². The van der Waals surface area contributed by atoms with Crippen molar-refractivity contribution in [3.8, 4) is 0 Å². The van der Waals surface area contributed by atoms with Gasteiger partial charge in [0, 0.05) is 15.9 Å². The molecule has 0 atom stereocenters. The van der Waals surface area contributed by atoms with Crippen molar-refractivity contribution in [3.05, 3.63) is 34.2 Å². The normalized spacial score (nSPS) is 11.6. The Morgan fingerprint density at radius 2 is 1.94 bits per heavy atom. The van der Waals surface area contributed by atoms with Gasteiger partial charge in [-0.05, 0) is 48.4 Å². The van der Waals surface area contributed by atoms with E-state index in [0.29, 0.717) is 13.2 Å². The fraction of sp³-hybridized carbons (Fsp3) is 0.385. The van der Waals surface area contributed by atoms with E-state index < -0.39 is 8.38 Å². The highest BCUT2D eigenvalue weighted by Gasteiger charge is 2.13. The zero-order chi connectivity index (χ0) is 13.0. The summed E-state index contributed by atoms with van der Waals surface area (Å²) < 4.78 is 12.6. The molecule has 1 heterocycles. The van der Waals surface area contributed by atoms with Crippen LogP contribution in [0.2, 0.25) is 5.02 Å². The van der Waals surface area contributed by atoms with E-state index in [1.165, 1.54) is 15.6 Å². The van der Waals surface area contributed by atoms with Gasteiger partial charge in [-0.25, -0.2) is 0 Å². The Morgan fingerprint density at radius 1 is 1.22 bits per heavy atom. The summed E-state index contributed by atoms with van der Waals surface area (Å²) in [6.45, 7) is 5.37. The smallest absolute Gasteiger partial charge is 0.175 e. The summed E-state index contributed by atoms with van der Waals surface area (Å²) in [6, 6.07) is 6.02. The van der Waals surface area contributed by atoms with Crippen LogP contribution in [0.1, 0.15) is 19.4 Å². The quantitative estimate of drug-likeness (QED) is 0.661. The first-order valence-corrected chi connectivity index (χ1v) is 8.55. The maximum atomic E-state index is 6.05. The molecule has 0 spiro atoms. The van der Waals surface area contributed by atoms with Gasteiger partial charge >= 0.3 is 0 Å². The van der Waals surface area contributed by atoms with Crippen molar-refractivity contribution >= 4 is 41.4 Å². The van der Waals surface area contributed by atoms with Gasteiger partial charge < -0.3 is 9.05 Å². The van der Waals surface area contributed by atoms with Gasteiger partial charge in [-0.15, -0.1) is 11.3 Å². The Bertz CT molecular complexity index is 509. The third kappa shape index (κ3) is 3.43. The molecule has 1 aromatic carbocycles. The highest BCUT2D eigenvalue weighted by Crippen LogP contribution is 2.44. The van der Waals surface area contributed by atoms with Crippen LogP contribution < -0.4 is 0 Å². The molecule has 0 amide bonds. The fourth-order valence-corrected chi connectivity index (χ4v) is 4.34. The van der Waals surface area contributed by atoms with Crippen molar-refractivity contribution in [2.45, 2.75) is 20.0 Å². The van der Waals surface area contributed by atoms with Crippen LogP contribution in [0.3, 0.4) is 0 Å². The van der Waals surface area contributed by atoms with Crippen LogP contribution in [0.25, 0.3) is 10.1 Å². The standard InChI is InChI=1S/C13H16ClO2PS/c1-3-15-17(16-4-2)8-10-9-18-13-6-5-11(14)7-12(10)13/h5-7,9H,3-4,8H2,1-2H3. The predicted molar refractivity (Wildman–Crippen MR) is 80.7 cm³/mol. The molecule has 0 aliphatic rings. The van der Waals surface area contributed by atoms with Gasteiger partial charge in [0.25, 0.3) is 0 Å². The molecule has 0 N–H and O–H groups in total. The van der Waals surface area contributed by atoms with Crippen LogP contribution in [0.4, 0.5) is 0 Å². The summed E-state index contributed by atoms with van der Waals surface area (Å²) in [7, 11) is -0.831. The monoisotopic (exact) mass is 302 g/mol. The van der Waals surface area contributed by atoms with Crippen LogP contribution in [0.15, 0.2) is 23.6 Å². The molecule has 1 aromatic heterocycles. The lowest BCUT2D eigenvalue weighted by Gasteiger charge is -2.15. The predicted octanol–water partition coefficient (Wildman–Crippen LogP) is 5.44. The van der Waals surface area contributed by atoms with E-state index in [9.17, 15) is 0 Å². The van der Waals surface area contributed by atoms with Crippen molar-refractivity contribution in [1.29, 1.82) is 0 Å². The molecule has 0 unspecified atom stereocenters. The Kier molecular flexibility index (Phi) is 5.40. The highest BCUT2D eigenvalue weighted by atomic mass is 35.5. The van der Waals surface area contributed by atoms with E-state index in [0.717, 1.165) is 11.2 Å². The van der Waals surface area contributed by atoms with Gasteiger partial charge in [-0.3, -0.25) is 0 Å². The Labute approximate surface area is 118 Å². The van der Waals surface area contributed by atoms with Gasteiger partial charge in [-0.2, -0.15) is 0 Å². The minimum atomic E-state index is -0.831. The number of rotatable bonds is 6. The molecule has 0 saturated heterocycles. The maximum absolute atomic E-state index is 6.05. The van der Waals surface area contributed by atoms with Gasteiger partial charge in [-0.1, -0.05) is 11.6 Å². The minimum Gasteiger partial charge on any atom is -0.334 e. The number of fused-ring (bicyclic) bond motifs is 1. The number of halogens is 1. The van der Waals surface area contributed by atoms with Gasteiger partial charge in [0.15, 0.2) is 8.38 Å². The lowest BCUT2D eigenvalue weighted by Crippen LogP contribution is -1.93. The first-order chi connectivity index (χ1) is 8.74. The summed E-state index contributed by atoms with van der Waals surface area (Å²) in [6.07, 6.45) is 0.831. The zero-order valence-corrected chi connectivity index (χ0v) is 12.9. The molecule has 0 bridgehead atoms. The second kappa shape index (κ2) is 6.83. The first kappa shape index (κ1) is 14.2. The number of benzene rings is 1. The van der Waals surface area contributed by atoms with Crippen molar-refractivity contribution < 1.29 is 9.05 Å². The average molecular weight is 303 g/mol. The van der Waals surface area contributed by atoms with Crippen molar-refractivity contribution in [3.63, 3.8) is 0 Å². The summed E-state index contributed by atoms with van der Waals surface area (Å²) in [5, 5.41) is 4.17. The topological polar surface area (TPSA) is 18.5 Å². The van der Waals surface area contributed by atoms with Crippen molar-refractivity contribution in [2.75, 3.05) is 13.2 Å². The Morgan fingerprint density at radius 3 is 2.61 bits per heavy atom. The molecule has 18 heavy (non-hydrogen) atoms. The highest BCUT2D eigenvalue weighted by molar-refractivity contribution is 7.46. The van der Waals surface area contributed by atoms with Crippen molar-refractivity contribution in [2.24, 2.45) is 0 Å². The SMILES string of the molecule is CCOP(Cc1csc2ccc(Cl)cc12)OCC. The molecule has 0 aliphatic carbocycles. The molecule has 2 rings (SSSR count). The van der Waals surface area contributed by atoms with Crippen LogP contribution in [0, 0.1) is 0 Å². The zero-order valence-electron chi connectivity index (χ0n) is 10.5. The van der Waals surface area contributed by atoms with Crippen molar-refractivity contribution in [1.82, 2.24) is 0 Å². The second-order valence-corrected chi connectivity index (χ2v) is 6.57. The van der Waals surface area contributed by atoms with Crippen LogP contribution in [0.5, 0.6) is 0 Å². The Balaban J connectivity index is 2.21. The van der Waals surface area contributed by atoms with Crippen LogP contribution in [-0.2, 0) is 15.2 Å². The summed E-state index contributed by atoms with van der Waals surface area (Å²) >= 11 is 7.80. The molecule has 0 saturated carbocycles. The molecule has 0 aliphatic heterocycles. The minimum absolute atomic E-state index is 0.689. The van der Waals surface area contributed by atoms with E-state index in [4.69, 9.17) is 20.6 Å². The van der Waals surface area contributed by atoms with E-state index in [1.807, 2.05) is 26.0 Å². The molecule has 5 heteroatoms. The molecular weight excluding hydrogens is 287 g/mol. The summed E-state index contributed by atoms with van der Waals surface area (Å²) in [4.78, 5) is 0. The third-order valence-corrected chi connectivity index (χ3v) is 5.40. The fourth-order valence-electron chi connectivity index (χ4n) is 1.73. The average Bonchev–Trinajstić information content (AvgIpc) is 2.73.